The predicted molar refractivity (Wildman–Crippen MR) is 204 cm³/mol. The summed E-state index contributed by atoms with van der Waals surface area (Å²) in [6.45, 7) is 8.65. The second kappa shape index (κ2) is 16.9. The Hall–Kier alpha value is -4.44. The first-order valence-corrected chi connectivity index (χ1v) is 18.5. The van der Waals surface area contributed by atoms with Crippen LogP contribution in [0.4, 0.5) is 0 Å². The molecule has 3 aliphatic rings. The molecular formula is C43H52N2O7. The maximum Gasteiger partial charge on any atom is 0.254 e. The van der Waals surface area contributed by atoms with Crippen LogP contribution in [0.5, 0.6) is 11.5 Å². The lowest BCUT2D eigenvalue weighted by atomic mass is 9.55. The highest BCUT2D eigenvalue weighted by Gasteiger charge is 2.65. The summed E-state index contributed by atoms with van der Waals surface area (Å²) in [7, 11) is 3.37. The number of allylic oxidation sites excluding steroid dienone is 1. The molecular weight excluding hydrogens is 656 g/mol. The van der Waals surface area contributed by atoms with Crippen molar-refractivity contribution in [3.05, 3.63) is 109 Å². The van der Waals surface area contributed by atoms with E-state index in [1.165, 1.54) is 0 Å². The number of hydrogen-bond donors (Lipinski definition) is 2. The Balaban J connectivity index is 1.55. The maximum absolute atomic E-state index is 14.6. The number of carbonyl (C=O) groups excluding carboxylic acids is 1. The molecule has 0 spiro atoms. The van der Waals surface area contributed by atoms with Gasteiger partial charge in [-0.05, 0) is 84.2 Å². The molecule has 9 nitrogen and oxygen atoms in total. The van der Waals surface area contributed by atoms with Gasteiger partial charge in [-0.3, -0.25) is 4.79 Å². The van der Waals surface area contributed by atoms with E-state index in [0.29, 0.717) is 42.9 Å². The van der Waals surface area contributed by atoms with Crippen molar-refractivity contribution in [3.63, 3.8) is 0 Å². The first-order chi connectivity index (χ1) is 25.4. The molecule has 0 saturated heterocycles. The van der Waals surface area contributed by atoms with E-state index in [2.05, 4.69) is 30.5 Å². The number of ether oxygens (including phenoxy) is 3. The molecule has 1 amide bonds. The third kappa shape index (κ3) is 7.27. The van der Waals surface area contributed by atoms with Crippen LogP contribution < -0.4 is 9.47 Å². The van der Waals surface area contributed by atoms with Gasteiger partial charge < -0.3 is 34.2 Å². The van der Waals surface area contributed by atoms with E-state index in [-0.39, 0.29) is 49.4 Å². The molecule has 6 atom stereocenters. The molecule has 0 unspecified atom stereocenters. The number of unbranched alkanes of at least 4 members (excludes halogenated alkanes) is 2. The van der Waals surface area contributed by atoms with Crippen LogP contribution in [0.3, 0.4) is 0 Å². The fraction of sp³-hybridized carbons (Fsp3) is 0.442. The normalized spacial score (nSPS) is 25.3. The van der Waals surface area contributed by atoms with E-state index < -0.39 is 11.8 Å². The molecule has 276 valence electrons. The first-order valence-electron chi connectivity index (χ1n) is 18.5. The van der Waals surface area contributed by atoms with Gasteiger partial charge in [0.25, 0.3) is 5.91 Å². The largest absolute Gasteiger partial charge is 0.490 e. The number of amides is 1. The average molecular weight is 709 g/mol. The summed E-state index contributed by atoms with van der Waals surface area (Å²) >= 11 is 0. The van der Waals surface area contributed by atoms with Crippen LogP contribution in [0.2, 0.25) is 0 Å². The molecule has 0 radical (unpaired) electrons. The lowest BCUT2D eigenvalue weighted by Gasteiger charge is -2.59. The van der Waals surface area contributed by atoms with Gasteiger partial charge in [0.05, 0.1) is 18.2 Å². The third-order valence-corrected chi connectivity index (χ3v) is 11.0. The zero-order valence-electron chi connectivity index (χ0n) is 30.4. The van der Waals surface area contributed by atoms with Gasteiger partial charge in [-0.15, -0.1) is 6.58 Å². The molecule has 2 N–H and O–H groups in total. The monoisotopic (exact) mass is 708 g/mol. The summed E-state index contributed by atoms with van der Waals surface area (Å²) in [6, 6.07) is 19.1. The van der Waals surface area contributed by atoms with Crippen LogP contribution >= 0.6 is 0 Å². The van der Waals surface area contributed by atoms with E-state index in [9.17, 15) is 15.0 Å². The van der Waals surface area contributed by atoms with Crippen molar-refractivity contribution >= 4 is 22.4 Å². The first kappa shape index (κ1) is 37.3. The number of rotatable bonds is 17. The van der Waals surface area contributed by atoms with Crippen LogP contribution in [0, 0.1) is 17.8 Å². The van der Waals surface area contributed by atoms with E-state index in [1.54, 1.807) is 24.2 Å². The number of oxime groups is 1. The van der Waals surface area contributed by atoms with E-state index in [0.717, 1.165) is 53.3 Å². The second-order valence-electron chi connectivity index (χ2n) is 14.0. The van der Waals surface area contributed by atoms with Gasteiger partial charge in [0, 0.05) is 43.7 Å². The Morgan fingerprint density at radius 1 is 0.981 bits per heavy atom. The molecule has 9 heteroatoms. The summed E-state index contributed by atoms with van der Waals surface area (Å²) in [5.74, 6) is -0.272. The van der Waals surface area contributed by atoms with Crippen LogP contribution in [0.25, 0.3) is 10.8 Å². The molecule has 1 heterocycles. The zero-order chi connectivity index (χ0) is 36.7. The molecule has 2 aliphatic carbocycles. The highest BCUT2D eigenvalue weighted by atomic mass is 16.7. The van der Waals surface area contributed by atoms with Gasteiger partial charge in [0.1, 0.15) is 31.3 Å². The fourth-order valence-corrected chi connectivity index (χ4v) is 8.75. The number of aliphatic hydroxyl groups is 2. The number of carbonyl (C=O) groups is 1. The topological polar surface area (TPSA) is 110 Å². The Labute approximate surface area is 307 Å². The Bertz CT molecular complexity index is 1800. The lowest BCUT2D eigenvalue weighted by Crippen LogP contribution is -2.69. The molecule has 0 bridgehead atoms. The fourth-order valence-electron chi connectivity index (χ4n) is 8.75. The molecule has 1 saturated carbocycles. The zero-order valence-corrected chi connectivity index (χ0v) is 30.4. The summed E-state index contributed by atoms with van der Waals surface area (Å²) in [5.41, 5.74) is 3.33. The number of benzene rings is 3. The van der Waals surface area contributed by atoms with E-state index in [4.69, 9.17) is 19.0 Å². The van der Waals surface area contributed by atoms with Gasteiger partial charge in [0.2, 0.25) is 5.79 Å². The van der Waals surface area contributed by atoms with Crippen LogP contribution in [0.15, 0.2) is 103 Å². The number of hydrogen-bond acceptors (Lipinski definition) is 8. The van der Waals surface area contributed by atoms with E-state index in [1.807, 2.05) is 61.6 Å². The minimum Gasteiger partial charge on any atom is -0.490 e. The Morgan fingerprint density at radius 2 is 1.73 bits per heavy atom. The van der Waals surface area contributed by atoms with Crippen molar-refractivity contribution in [2.75, 3.05) is 40.6 Å². The number of nitrogens with zero attached hydrogens (tertiary/aromatic N) is 2. The van der Waals surface area contributed by atoms with E-state index >= 15 is 0 Å². The molecule has 1 fully saturated rings. The SMILES string of the molecule is C=CCOc1ccc2c(c1)[C@H]1[C@H](CCCCO)[C@@H](CCCCO)C=C3C(=NOC)C[C@H](N(C)C(=O)c4ccc5ccccc5c4)[C@@](OCC=C)(O2)[C@H]31. The standard InChI is InChI=1S/C43H52N2O7/c1-5-23-50-33-19-20-38-36(27-33)40-34(16-10-12-22-47)31(15-9-11-21-46)26-35-37(44-49-4)28-39(43(52-38,41(35)40)51-24-6-2)45(3)42(48)32-18-17-29-13-7-8-14-30(29)25-32/h5-8,13-14,17-20,25-27,31,34,39-41,46-47H,1-2,9-12,15-16,21-24,28H2,3-4H3/t31-,34+,39-,40+,41+,43+/m0/s1. The van der Waals surface area contributed by atoms with Crippen molar-refractivity contribution in [1.82, 2.24) is 4.90 Å². The minimum atomic E-state index is -1.31. The summed E-state index contributed by atoms with van der Waals surface area (Å²) in [4.78, 5) is 21.8. The molecule has 0 aromatic heterocycles. The highest BCUT2D eigenvalue weighted by Crippen LogP contribution is 2.61. The molecule has 3 aromatic rings. The number of fused-ring (bicyclic) bond motifs is 3. The van der Waals surface area contributed by atoms with Gasteiger partial charge in [-0.25, -0.2) is 0 Å². The van der Waals surface area contributed by atoms with Crippen molar-refractivity contribution in [1.29, 1.82) is 0 Å². The number of aliphatic hydroxyl groups excluding tert-OH is 2. The van der Waals surface area contributed by atoms with Crippen LogP contribution in [-0.4, -0.2) is 79.1 Å². The van der Waals surface area contributed by atoms with Crippen LogP contribution in [-0.2, 0) is 9.57 Å². The highest BCUT2D eigenvalue weighted by molar-refractivity contribution is 6.04. The predicted octanol–water partition coefficient (Wildman–Crippen LogP) is 7.44. The van der Waals surface area contributed by atoms with Gasteiger partial charge in [-0.2, -0.15) is 0 Å². The Morgan fingerprint density at radius 3 is 2.46 bits per heavy atom. The molecule has 1 aliphatic heterocycles. The quantitative estimate of drug-likeness (QED) is 0.0853. The van der Waals surface area contributed by atoms with Gasteiger partial charge >= 0.3 is 0 Å². The number of likely N-dealkylation sites (N-methyl/N-ethyl adjacent to an activating group) is 1. The summed E-state index contributed by atoms with van der Waals surface area (Å²) < 4.78 is 20.2. The lowest BCUT2D eigenvalue weighted by molar-refractivity contribution is -0.252. The minimum absolute atomic E-state index is 0.118. The van der Waals surface area contributed by atoms with Gasteiger partial charge in [-0.1, -0.05) is 73.1 Å². The van der Waals surface area contributed by atoms with Crippen molar-refractivity contribution in [3.8, 4) is 11.5 Å². The summed E-state index contributed by atoms with van der Waals surface area (Å²) in [5, 5.41) is 26.2. The maximum atomic E-state index is 14.6. The molecule has 3 aromatic carbocycles. The van der Waals surface area contributed by atoms with Crippen molar-refractivity contribution < 1.29 is 34.1 Å². The van der Waals surface area contributed by atoms with Gasteiger partial charge in [0.15, 0.2) is 0 Å². The molecule has 6 rings (SSSR count). The van der Waals surface area contributed by atoms with Crippen molar-refractivity contribution in [2.45, 2.75) is 62.7 Å². The smallest absolute Gasteiger partial charge is 0.254 e. The average Bonchev–Trinajstić information content (AvgIpc) is 3.17. The molecule has 52 heavy (non-hydrogen) atoms. The van der Waals surface area contributed by atoms with Crippen LogP contribution in [0.1, 0.15) is 66.8 Å². The second-order valence-corrected chi connectivity index (χ2v) is 14.0. The summed E-state index contributed by atoms with van der Waals surface area (Å²) in [6.07, 6.45) is 11.0. The third-order valence-electron chi connectivity index (χ3n) is 11.0. The van der Waals surface area contributed by atoms with Crippen molar-refractivity contribution in [2.24, 2.45) is 22.9 Å². The Kier molecular flexibility index (Phi) is 12.1.